The molecule has 0 radical (unpaired) electrons. The summed E-state index contributed by atoms with van der Waals surface area (Å²) in [4.78, 5) is 0. The van der Waals surface area contributed by atoms with Crippen molar-refractivity contribution in [2.45, 2.75) is 19.5 Å². The first-order chi connectivity index (χ1) is 9.06. The first-order valence-electron chi connectivity index (χ1n) is 6.02. The monoisotopic (exact) mass is 339 g/mol. The topological polar surface area (TPSA) is 32.3 Å². The standard InChI is InChI=1S/C15H15BrClNO/c1-10(14-7-4-12(16)8-15(14)17)18-9-11-2-5-13(19)6-3-11/h2-8,10,18-19H,9H2,1H3. The van der Waals surface area contributed by atoms with Gasteiger partial charge in [-0.25, -0.2) is 0 Å². The minimum absolute atomic E-state index is 0.161. The van der Waals surface area contributed by atoms with E-state index in [1.807, 2.05) is 30.3 Å². The molecule has 2 rings (SSSR count). The highest BCUT2D eigenvalue weighted by Gasteiger charge is 2.09. The number of rotatable bonds is 4. The fourth-order valence-corrected chi connectivity index (χ4v) is 2.68. The van der Waals surface area contributed by atoms with Gasteiger partial charge in [-0.1, -0.05) is 45.7 Å². The molecule has 0 amide bonds. The van der Waals surface area contributed by atoms with Gasteiger partial charge in [0.1, 0.15) is 5.75 Å². The molecule has 2 aromatic carbocycles. The fourth-order valence-electron chi connectivity index (χ4n) is 1.85. The molecule has 2 N–H and O–H groups in total. The van der Waals surface area contributed by atoms with E-state index in [2.05, 4.69) is 28.2 Å². The Morgan fingerprint density at radius 2 is 1.89 bits per heavy atom. The van der Waals surface area contributed by atoms with Crippen molar-refractivity contribution < 1.29 is 5.11 Å². The second kappa shape index (κ2) is 6.42. The Balaban J connectivity index is 2.01. The molecule has 19 heavy (non-hydrogen) atoms. The van der Waals surface area contributed by atoms with Crippen LogP contribution in [0.15, 0.2) is 46.9 Å². The van der Waals surface area contributed by atoms with Gasteiger partial charge in [0.05, 0.1) is 0 Å². The molecule has 100 valence electrons. The number of benzene rings is 2. The molecule has 0 aliphatic rings. The van der Waals surface area contributed by atoms with E-state index in [1.165, 1.54) is 0 Å². The lowest BCUT2D eigenvalue weighted by Crippen LogP contribution is -2.18. The van der Waals surface area contributed by atoms with Gasteiger partial charge in [-0.15, -0.1) is 0 Å². The van der Waals surface area contributed by atoms with Crippen molar-refractivity contribution in [1.29, 1.82) is 0 Å². The third-order valence-electron chi connectivity index (χ3n) is 2.98. The maximum atomic E-state index is 9.23. The van der Waals surface area contributed by atoms with E-state index >= 15 is 0 Å². The zero-order valence-electron chi connectivity index (χ0n) is 10.5. The van der Waals surface area contributed by atoms with Crippen LogP contribution in [0.2, 0.25) is 5.02 Å². The minimum atomic E-state index is 0.161. The second-order valence-electron chi connectivity index (χ2n) is 4.43. The van der Waals surface area contributed by atoms with Crippen LogP contribution < -0.4 is 5.32 Å². The molecule has 0 saturated carbocycles. The Kier molecular flexibility index (Phi) is 4.86. The molecule has 0 aliphatic heterocycles. The average Bonchev–Trinajstić information content (AvgIpc) is 2.37. The normalized spacial score (nSPS) is 12.4. The molecule has 1 atom stereocenters. The fraction of sp³-hybridized carbons (Fsp3) is 0.200. The van der Waals surface area contributed by atoms with E-state index in [9.17, 15) is 5.11 Å². The molecule has 0 heterocycles. The van der Waals surface area contributed by atoms with Crippen LogP contribution in [0.1, 0.15) is 24.1 Å². The summed E-state index contributed by atoms with van der Waals surface area (Å²) < 4.78 is 0.979. The number of hydrogen-bond donors (Lipinski definition) is 2. The first kappa shape index (κ1) is 14.4. The van der Waals surface area contributed by atoms with Gasteiger partial charge in [0.15, 0.2) is 0 Å². The molecule has 0 aliphatic carbocycles. The summed E-state index contributed by atoms with van der Waals surface area (Å²) in [5.41, 5.74) is 2.20. The van der Waals surface area contributed by atoms with Crippen molar-refractivity contribution in [2.75, 3.05) is 0 Å². The molecule has 0 fully saturated rings. The van der Waals surface area contributed by atoms with E-state index < -0.39 is 0 Å². The highest BCUT2D eigenvalue weighted by Crippen LogP contribution is 2.26. The largest absolute Gasteiger partial charge is 0.508 e. The SMILES string of the molecule is CC(NCc1ccc(O)cc1)c1ccc(Br)cc1Cl. The van der Waals surface area contributed by atoms with Crippen molar-refractivity contribution in [3.8, 4) is 5.75 Å². The van der Waals surface area contributed by atoms with Gasteiger partial charge in [0, 0.05) is 22.1 Å². The highest BCUT2D eigenvalue weighted by atomic mass is 79.9. The zero-order chi connectivity index (χ0) is 13.8. The lowest BCUT2D eigenvalue weighted by Gasteiger charge is -2.16. The maximum absolute atomic E-state index is 9.23. The quantitative estimate of drug-likeness (QED) is 0.848. The maximum Gasteiger partial charge on any atom is 0.115 e. The number of nitrogens with one attached hydrogen (secondary N) is 1. The molecule has 1 unspecified atom stereocenters. The van der Waals surface area contributed by atoms with Crippen LogP contribution in [-0.4, -0.2) is 5.11 Å². The third-order valence-corrected chi connectivity index (χ3v) is 3.80. The van der Waals surface area contributed by atoms with Crippen LogP contribution in [-0.2, 0) is 6.54 Å². The Bertz CT molecular complexity index is 557. The van der Waals surface area contributed by atoms with Crippen LogP contribution in [0.5, 0.6) is 5.75 Å². The number of halogens is 2. The van der Waals surface area contributed by atoms with Gasteiger partial charge in [-0.05, 0) is 42.3 Å². The first-order valence-corrected chi connectivity index (χ1v) is 7.19. The van der Waals surface area contributed by atoms with Gasteiger partial charge in [-0.3, -0.25) is 0 Å². The summed E-state index contributed by atoms with van der Waals surface area (Å²) in [5.74, 6) is 0.285. The lowest BCUT2D eigenvalue weighted by atomic mass is 10.1. The molecule has 0 spiro atoms. The van der Waals surface area contributed by atoms with E-state index in [1.54, 1.807) is 12.1 Å². The average molecular weight is 341 g/mol. The molecular formula is C15H15BrClNO. The molecule has 2 nitrogen and oxygen atoms in total. The summed E-state index contributed by atoms with van der Waals surface area (Å²) in [6.07, 6.45) is 0. The number of aromatic hydroxyl groups is 1. The van der Waals surface area contributed by atoms with Gasteiger partial charge >= 0.3 is 0 Å². The second-order valence-corrected chi connectivity index (χ2v) is 5.76. The minimum Gasteiger partial charge on any atom is -0.508 e. The predicted octanol–water partition coefficient (Wildman–Crippen LogP) is 4.66. The lowest BCUT2D eigenvalue weighted by molar-refractivity contribution is 0.474. The van der Waals surface area contributed by atoms with Crippen molar-refractivity contribution in [3.05, 3.63) is 63.1 Å². The molecule has 0 aromatic heterocycles. The molecule has 0 bridgehead atoms. The molecule has 2 aromatic rings. The number of phenolic OH excluding ortho intramolecular Hbond substituents is 1. The Labute approximate surface area is 126 Å². The van der Waals surface area contributed by atoms with E-state index in [0.717, 1.165) is 27.2 Å². The van der Waals surface area contributed by atoms with Crippen LogP contribution in [0.4, 0.5) is 0 Å². The van der Waals surface area contributed by atoms with Gasteiger partial charge in [0.2, 0.25) is 0 Å². The van der Waals surface area contributed by atoms with Gasteiger partial charge in [0.25, 0.3) is 0 Å². The Hall–Kier alpha value is -1.03. The number of hydrogen-bond acceptors (Lipinski definition) is 2. The van der Waals surface area contributed by atoms with Crippen molar-refractivity contribution >= 4 is 27.5 Å². The summed E-state index contributed by atoms with van der Waals surface area (Å²) in [7, 11) is 0. The van der Waals surface area contributed by atoms with Crippen LogP contribution in [0.25, 0.3) is 0 Å². The summed E-state index contributed by atoms with van der Waals surface area (Å²) in [6.45, 7) is 2.81. The molecular weight excluding hydrogens is 326 g/mol. The smallest absolute Gasteiger partial charge is 0.115 e. The molecule has 4 heteroatoms. The van der Waals surface area contributed by atoms with Crippen molar-refractivity contribution in [3.63, 3.8) is 0 Å². The van der Waals surface area contributed by atoms with Crippen molar-refractivity contribution in [2.24, 2.45) is 0 Å². The van der Waals surface area contributed by atoms with E-state index in [4.69, 9.17) is 11.6 Å². The van der Waals surface area contributed by atoms with Gasteiger partial charge < -0.3 is 10.4 Å². The van der Waals surface area contributed by atoms with Crippen LogP contribution in [0.3, 0.4) is 0 Å². The molecule has 0 saturated heterocycles. The van der Waals surface area contributed by atoms with Crippen LogP contribution in [0, 0.1) is 0 Å². The summed E-state index contributed by atoms with van der Waals surface area (Å²) in [5, 5.41) is 13.4. The highest BCUT2D eigenvalue weighted by molar-refractivity contribution is 9.10. The summed E-state index contributed by atoms with van der Waals surface area (Å²) in [6, 6.07) is 13.2. The Morgan fingerprint density at radius 3 is 2.53 bits per heavy atom. The van der Waals surface area contributed by atoms with E-state index in [0.29, 0.717) is 0 Å². The van der Waals surface area contributed by atoms with Crippen LogP contribution >= 0.6 is 27.5 Å². The van der Waals surface area contributed by atoms with Crippen molar-refractivity contribution in [1.82, 2.24) is 5.32 Å². The third kappa shape index (κ3) is 3.96. The zero-order valence-corrected chi connectivity index (χ0v) is 12.9. The number of phenols is 1. The Morgan fingerprint density at radius 1 is 1.21 bits per heavy atom. The summed E-state index contributed by atoms with van der Waals surface area (Å²) >= 11 is 9.62. The predicted molar refractivity (Wildman–Crippen MR) is 82.5 cm³/mol. The van der Waals surface area contributed by atoms with E-state index in [-0.39, 0.29) is 11.8 Å². The van der Waals surface area contributed by atoms with Gasteiger partial charge in [-0.2, -0.15) is 0 Å².